The number of aliphatic hydroxyl groups excluding tert-OH is 1. The average molecular weight is 156 g/mol. The molecule has 0 saturated heterocycles. The lowest BCUT2D eigenvalue weighted by Gasteiger charge is -2.01. The van der Waals surface area contributed by atoms with Crippen molar-refractivity contribution in [2.45, 2.75) is 0 Å². The van der Waals surface area contributed by atoms with E-state index in [9.17, 15) is 4.79 Å². The predicted octanol–water partition coefficient (Wildman–Crippen LogP) is -0.940. The summed E-state index contributed by atoms with van der Waals surface area (Å²) in [5.74, 6) is -1.84. The maximum atomic E-state index is 9.92. The summed E-state index contributed by atoms with van der Waals surface area (Å²) >= 11 is 0. The number of carboxylic acid groups (broad SMARTS) is 1. The molecule has 1 unspecified atom stereocenters. The zero-order chi connectivity index (χ0) is 6.57. The van der Waals surface area contributed by atoms with Gasteiger partial charge in [0.2, 0.25) is 0 Å². The second-order valence-corrected chi connectivity index (χ2v) is 1.45. The molecule has 0 aromatic carbocycles. The van der Waals surface area contributed by atoms with Gasteiger partial charge < -0.3 is 15.9 Å². The smallest absolute Gasteiger partial charge is 0.310 e. The normalized spacial score (nSPS) is 11.8. The van der Waals surface area contributed by atoms with E-state index < -0.39 is 11.9 Å². The van der Waals surface area contributed by atoms with Crippen molar-refractivity contribution in [2.75, 3.05) is 13.2 Å². The van der Waals surface area contributed by atoms with Crippen LogP contribution in [0, 0.1) is 5.92 Å². The van der Waals surface area contributed by atoms with E-state index in [4.69, 9.17) is 15.9 Å². The van der Waals surface area contributed by atoms with Gasteiger partial charge in [0, 0.05) is 6.54 Å². The van der Waals surface area contributed by atoms with Crippen LogP contribution in [0.3, 0.4) is 0 Å². The van der Waals surface area contributed by atoms with E-state index >= 15 is 0 Å². The fraction of sp³-hybridized carbons (Fsp3) is 0.750. The summed E-state index contributed by atoms with van der Waals surface area (Å²) in [6, 6.07) is 0. The van der Waals surface area contributed by atoms with Gasteiger partial charge in [0.25, 0.3) is 0 Å². The molecular formula is C4H10ClNO3. The molecule has 56 valence electrons. The zero-order valence-corrected chi connectivity index (χ0v) is 5.60. The Balaban J connectivity index is 0. The van der Waals surface area contributed by atoms with Crippen LogP contribution in [0.25, 0.3) is 0 Å². The van der Waals surface area contributed by atoms with Crippen LogP contribution in [0.5, 0.6) is 0 Å². The number of nitrogens with two attached hydrogens (primary N) is 1. The number of hydrogen-bond acceptors (Lipinski definition) is 3. The highest BCUT2D eigenvalue weighted by molar-refractivity contribution is 5.85. The number of carbonyl (C=O) groups is 1. The van der Waals surface area contributed by atoms with Crippen molar-refractivity contribution in [3.63, 3.8) is 0 Å². The molecule has 0 aliphatic rings. The Morgan fingerprint density at radius 1 is 1.67 bits per heavy atom. The Hall–Kier alpha value is -0.320. The van der Waals surface area contributed by atoms with Gasteiger partial charge >= 0.3 is 5.97 Å². The van der Waals surface area contributed by atoms with Crippen molar-refractivity contribution in [3.8, 4) is 0 Å². The van der Waals surface area contributed by atoms with Crippen LogP contribution in [0.2, 0.25) is 0 Å². The summed E-state index contributed by atoms with van der Waals surface area (Å²) in [5, 5.41) is 16.4. The van der Waals surface area contributed by atoms with Gasteiger partial charge in [-0.2, -0.15) is 0 Å². The zero-order valence-electron chi connectivity index (χ0n) is 4.78. The quantitative estimate of drug-likeness (QED) is 0.491. The third kappa shape index (κ3) is 4.20. The maximum absolute atomic E-state index is 9.92. The predicted molar refractivity (Wildman–Crippen MR) is 34.5 cm³/mol. The van der Waals surface area contributed by atoms with Crippen LogP contribution in [0.4, 0.5) is 0 Å². The number of rotatable bonds is 3. The molecule has 4 nitrogen and oxygen atoms in total. The van der Waals surface area contributed by atoms with Crippen LogP contribution in [-0.4, -0.2) is 29.3 Å². The fourth-order valence-corrected chi connectivity index (χ4v) is 0.253. The first-order valence-electron chi connectivity index (χ1n) is 2.26. The minimum atomic E-state index is -1.05. The molecule has 9 heavy (non-hydrogen) atoms. The summed E-state index contributed by atoms with van der Waals surface area (Å²) in [6.45, 7) is -0.391. The molecule has 0 aromatic heterocycles. The second kappa shape index (κ2) is 5.81. The van der Waals surface area contributed by atoms with Crippen LogP contribution < -0.4 is 5.73 Å². The van der Waals surface area contributed by atoms with E-state index in [1.807, 2.05) is 0 Å². The molecule has 0 radical (unpaired) electrons. The Morgan fingerprint density at radius 3 is 2.11 bits per heavy atom. The van der Waals surface area contributed by atoms with Crippen molar-refractivity contribution >= 4 is 18.4 Å². The van der Waals surface area contributed by atoms with Crippen molar-refractivity contribution < 1.29 is 15.0 Å². The molecule has 4 N–H and O–H groups in total. The van der Waals surface area contributed by atoms with Crippen molar-refractivity contribution in [3.05, 3.63) is 0 Å². The van der Waals surface area contributed by atoms with Gasteiger partial charge in [0.1, 0.15) is 0 Å². The summed E-state index contributed by atoms with van der Waals surface area (Å²) in [7, 11) is 0. The van der Waals surface area contributed by atoms with E-state index in [1.165, 1.54) is 0 Å². The molecule has 0 bridgehead atoms. The molecule has 0 rings (SSSR count). The van der Waals surface area contributed by atoms with Gasteiger partial charge in [0.15, 0.2) is 0 Å². The van der Waals surface area contributed by atoms with E-state index in [-0.39, 0.29) is 25.6 Å². The average Bonchev–Trinajstić information content (AvgIpc) is 1.69. The molecule has 0 aliphatic carbocycles. The molecule has 0 fully saturated rings. The van der Waals surface area contributed by atoms with Gasteiger partial charge in [-0.1, -0.05) is 0 Å². The van der Waals surface area contributed by atoms with Crippen molar-refractivity contribution in [1.29, 1.82) is 0 Å². The first-order valence-corrected chi connectivity index (χ1v) is 2.26. The maximum Gasteiger partial charge on any atom is 0.310 e. The SMILES string of the molecule is Cl.NCC(CO)C(=O)O. The topological polar surface area (TPSA) is 83.5 Å². The van der Waals surface area contributed by atoms with Gasteiger partial charge in [-0.05, 0) is 0 Å². The highest BCUT2D eigenvalue weighted by Gasteiger charge is 2.12. The van der Waals surface area contributed by atoms with Crippen LogP contribution in [0.1, 0.15) is 0 Å². The first-order chi connectivity index (χ1) is 3.72. The highest BCUT2D eigenvalue weighted by Crippen LogP contribution is 1.88. The lowest BCUT2D eigenvalue weighted by Crippen LogP contribution is -2.26. The van der Waals surface area contributed by atoms with Crippen molar-refractivity contribution in [1.82, 2.24) is 0 Å². The van der Waals surface area contributed by atoms with Gasteiger partial charge in [0.05, 0.1) is 12.5 Å². The largest absolute Gasteiger partial charge is 0.481 e. The monoisotopic (exact) mass is 155 g/mol. The van der Waals surface area contributed by atoms with Gasteiger partial charge in [-0.15, -0.1) is 12.4 Å². The Bertz CT molecular complexity index is 83.9. The lowest BCUT2D eigenvalue weighted by atomic mass is 10.2. The minimum absolute atomic E-state index is 0. The van der Waals surface area contributed by atoms with E-state index in [0.717, 1.165) is 0 Å². The summed E-state index contributed by atoms with van der Waals surface area (Å²) in [4.78, 5) is 9.92. The third-order valence-electron chi connectivity index (χ3n) is 0.854. The summed E-state index contributed by atoms with van der Waals surface area (Å²) < 4.78 is 0. The molecular weight excluding hydrogens is 146 g/mol. The number of aliphatic hydroxyl groups is 1. The molecule has 0 aromatic rings. The number of carboxylic acids is 1. The Morgan fingerprint density at radius 2 is 2.11 bits per heavy atom. The minimum Gasteiger partial charge on any atom is -0.481 e. The molecule has 1 atom stereocenters. The summed E-state index contributed by atoms with van der Waals surface area (Å²) in [6.07, 6.45) is 0. The molecule has 0 heterocycles. The fourth-order valence-electron chi connectivity index (χ4n) is 0.253. The van der Waals surface area contributed by atoms with Crippen molar-refractivity contribution in [2.24, 2.45) is 11.7 Å². The third-order valence-corrected chi connectivity index (χ3v) is 0.854. The van der Waals surface area contributed by atoms with E-state index in [2.05, 4.69) is 0 Å². The first kappa shape index (κ1) is 11.5. The molecule has 0 amide bonds. The highest BCUT2D eigenvalue weighted by atomic mass is 35.5. The lowest BCUT2D eigenvalue weighted by molar-refractivity contribution is -0.142. The number of hydrogen-bond donors (Lipinski definition) is 3. The number of halogens is 1. The number of aliphatic carboxylic acids is 1. The second-order valence-electron chi connectivity index (χ2n) is 1.45. The van der Waals surface area contributed by atoms with E-state index in [1.54, 1.807) is 0 Å². The van der Waals surface area contributed by atoms with E-state index in [0.29, 0.717) is 0 Å². The Labute approximate surface area is 59.1 Å². The standard InChI is InChI=1S/C4H9NO3.ClH/c5-1-3(2-6)4(7)8;/h3,6H,1-2,5H2,(H,7,8);1H. The molecule has 5 heteroatoms. The summed E-state index contributed by atoms with van der Waals surface area (Å²) in [5.41, 5.74) is 4.94. The molecule has 0 saturated carbocycles. The molecule has 0 spiro atoms. The van der Waals surface area contributed by atoms with Gasteiger partial charge in [-0.3, -0.25) is 4.79 Å². The van der Waals surface area contributed by atoms with Crippen LogP contribution >= 0.6 is 12.4 Å². The van der Waals surface area contributed by atoms with Gasteiger partial charge in [-0.25, -0.2) is 0 Å². The molecule has 0 aliphatic heterocycles. The van der Waals surface area contributed by atoms with Crippen LogP contribution in [0.15, 0.2) is 0 Å². The Kier molecular flexibility index (Phi) is 7.41. The van der Waals surface area contributed by atoms with Crippen LogP contribution in [-0.2, 0) is 4.79 Å².